The SMILES string of the molecule is COc1cccc(-c2c(C#N)ccc(O)c2C(=O)NC(=N)N)c1F. The third-order valence-electron chi connectivity index (χ3n) is 3.23. The molecule has 0 aliphatic heterocycles. The molecule has 0 heterocycles. The minimum atomic E-state index is -0.936. The van der Waals surface area contributed by atoms with Crippen molar-refractivity contribution in [2.45, 2.75) is 0 Å². The maximum Gasteiger partial charge on any atom is 0.262 e. The highest BCUT2D eigenvalue weighted by atomic mass is 19.1. The van der Waals surface area contributed by atoms with Gasteiger partial charge < -0.3 is 15.6 Å². The normalized spacial score (nSPS) is 9.88. The summed E-state index contributed by atoms with van der Waals surface area (Å²) in [6.07, 6.45) is 0. The number of methoxy groups -OCH3 is 1. The molecule has 0 aliphatic carbocycles. The summed E-state index contributed by atoms with van der Waals surface area (Å²) >= 11 is 0. The number of rotatable bonds is 3. The average molecular weight is 328 g/mol. The molecule has 0 aliphatic rings. The molecule has 5 N–H and O–H groups in total. The van der Waals surface area contributed by atoms with E-state index in [0.29, 0.717) is 0 Å². The lowest BCUT2D eigenvalue weighted by atomic mass is 9.93. The Balaban J connectivity index is 2.82. The van der Waals surface area contributed by atoms with E-state index in [-0.39, 0.29) is 28.0 Å². The second-order valence-electron chi connectivity index (χ2n) is 4.68. The van der Waals surface area contributed by atoms with Crippen LogP contribution < -0.4 is 15.8 Å². The highest BCUT2D eigenvalue weighted by Crippen LogP contribution is 2.37. The van der Waals surface area contributed by atoms with Gasteiger partial charge in [0, 0.05) is 11.1 Å². The van der Waals surface area contributed by atoms with E-state index >= 15 is 0 Å². The lowest BCUT2D eigenvalue weighted by Gasteiger charge is -2.15. The molecular weight excluding hydrogens is 315 g/mol. The zero-order valence-electron chi connectivity index (χ0n) is 12.6. The van der Waals surface area contributed by atoms with E-state index in [9.17, 15) is 19.6 Å². The van der Waals surface area contributed by atoms with Crippen LogP contribution in [-0.4, -0.2) is 24.1 Å². The monoisotopic (exact) mass is 328 g/mol. The van der Waals surface area contributed by atoms with Crippen LogP contribution in [0.5, 0.6) is 11.5 Å². The number of nitrogens with two attached hydrogens (primary N) is 1. The Kier molecular flexibility index (Phi) is 4.65. The van der Waals surface area contributed by atoms with Gasteiger partial charge in [0.05, 0.1) is 24.3 Å². The fourth-order valence-corrected chi connectivity index (χ4v) is 2.24. The number of guanidine groups is 1. The van der Waals surface area contributed by atoms with Crippen molar-refractivity contribution in [1.29, 1.82) is 10.7 Å². The third-order valence-corrected chi connectivity index (χ3v) is 3.23. The van der Waals surface area contributed by atoms with E-state index in [4.69, 9.17) is 15.9 Å². The van der Waals surface area contributed by atoms with E-state index in [2.05, 4.69) is 0 Å². The highest BCUT2D eigenvalue weighted by molar-refractivity contribution is 6.10. The van der Waals surface area contributed by atoms with E-state index in [1.807, 2.05) is 11.4 Å². The second-order valence-corrected chi connectivity index (χ2v) is 4.68. The first-order valence-corrected chi connectivity index (χ1v) is 6.65. The number of hydrogen-bond donors (Lipinski definition) is 4. The fourth-order valence-electron chi connectivity index (χ4n) is 2.24. The van der Waals surface area contributed by atoms with Crippen LogP contribution in [0.4, 0.5) is 4.39 Å². The number of hydrogen-bond acceptors (Lipinski definition) is 5. The molecule has 8 heteroatoms. The predicted molar refractivity (Wildman–Crippen MR) is 84.1 cm³/mol. The van der Waals surface area contributed by atoms with Gasteiger partial charge in [-0.25, -0.2) is 4.39 Å². The molecule has 24 heavy (non-hydrogen) atoms. The van der Waals surface area contributed by atoms with Gasteiger partial charge >= 0.3 is 0 Å². The summed E-state index contributed by atoms with van der Waals surface area (Å²) in [5.41, 5.74) is 4.51. The van der Waals surface area contributed by atoms with Gasteiger partial charge in [-0.3, -0.25) is 15.5 Å². The van der Waals surface area contributed by atoms with Gasteiger partial charge in [-0.15, -0.1) is 0 Å². The van der Waals surface area contributed by atoms with Crippen LogP contribution in [-0.2, 0) is 0 Å². The standard InChI is InChI=1S/C16H13FN4O3/c1-24-11-4-2-3-9(14(11)17)12-8(7-18)5-6-10(22)13(12)15(23)21-16(19)20/h2-6,22H,1H3,(H4,19,20,21,23). The molecule has 2 rings (SSSR count). The van der Waals surface area contributed by atoms with E-state index in [1.54, 1.807) is 0 Å². The van der Waals surface area contributed by atoms with Crippen molar-refractivity contribution in [3.8, 4) is 28.7 Å². The molecule has 0 bridgehead atoms. The molecule has 1 amide bonds. The number of aromatic hydroxyl groups is 1. The minimum absolute atomic E-state index is 0.0337. The molecule has 0 atom stereocenters. The zero-order chi connectivity index (χ0) is 17.9. The maximum atomic E-state index is 14.6. The van der Waals surface area contributed by atoms with Crippen LogP contribution in [0.3, 0.4) is 0 Å². The summed E-state index contributed by atoms with van der Waals surface area (Å²) in [5, 5.41) is 28.5. The Hall–Kier alpha value is -3.60. The van der Waals surface area contributed by atoms with E-state index in [1.165, 1.54) is 31.4 Å². The van der Waals surface area contributed by atoms with Crippen molar-refractivity contribution in [3.05, 3.63) is 47.3 Å². The lowest BCUT2D eigenvalue weighted by Crippen LogP contribution is -2.36. The van der Waals surface area contributed by atoms with Gasteiger partial charge in [-0.05, 0) is 18.2 Å². The fraction of sp³-hybridized carbons (Fsp3) is 0.0625. The van der Waals surface area contributed by atoms with Crippen LogP contribution in [0.15, 0.2) is 30.3 Å². The summed E-state index contributed by atoms with van der Waals surface area (Å²) in [5.74, 6) is -2.95. The van der Waals surface area contributed by atoms with Gasteiger partial charge in [0.25, 0.3) is 5.91 Å². The first-order chi connectivity index (χ1) is 11.4. The summed E-state index contributed by atoms with van der Waals surface area (Å²) in [6, 6.07) is 8.45. The van der Waals surface area contributed by atoms with Gasteiger partial charge in [0.1, 0.15) is 5.75 Å². The van der Waals surface area contributed by atoms with Crippen molar-refractivity contribution < 1.29 is 19.0 Å². The number of amides is 1. The molecule has 7 nitrogen and oxygen atoms in total. The van der Waals surface area contributed by atoms with E-state index in [0.717, 1.165) is 6.07 Å². The number of ether oxygens (including phenoxy) is 1. The van der Waals surface area contributed by atoms with Gasteiger partial charge in [-0.2, -0.15) is 5.26 Å². The maximum absolute atomic E-state index is 14.6. The molecule has 122 valence electrons. The Bertz CT molecular complexity index is 874. The molecule has 0 radical (unpaired) electrons. The first-order valence-electron chi connectivity index (χ1n) is 6.65. The average Bonchev–Trinajstić information content (AvgIpc) is 2.54. The molecule has 0 spiro atoms. The number of halogens is 1. The minimum Gasteiger partial charge on any atom is -0.507 e. The molecule has 0 saturated heterocycles. The predicted octanol–water partition coefficient (Wildman–Crippen LogP) is 1.70. The van der Waals surface area contributed by atoms with E-state index < -0.39 is 23.4 Å². The number of benzene rings is 2. The molecule has 0 fully saturated rings. The first kappa shape index (κ1) is 16.8. The summed E-state index contributed by atoms with van der Waals surface area (Å²) < 4.78 is 19.5. The van der Waals surface area contributed by atoms with Crippen LogP contribution >= 0.6 is 0 Å². The smallest absolute Gasteiger partial charge is 0.262 e. The van der Waals surface area contributed by atoms with Gasteiger partial charge in [0.2, 0.25) is 0 Å². The summed E-state index contributed by atoms with van der Waals surface area (Å²) in [7, 11) is 1.28. The summed E-state index contributed by atoms with van der Waals surface area (Å²) in [4.78, 5) is 12.2. The molecular formula is C16H13FN4O3. The van der Waals surface area contributed by atoms with Crippen LogP contribution in [0.1, 0.15) is 15.9 Å². The lowest BCUT2D eigenvalue weighted by molar-refractivity contribution is 0.0974. The van der Waals surface area contributed by atoms with Gasteiger partial charge in [-0.1, -0.05) is 12.1 Å². The summed E-state index contributed by atoms with van der Waals surface area (Å²) in [6.45, 7) is 0. The Morgan fingerprint density at radius 1 is 1.42 bits per heavy atom. The Morgan fingerprint density at radius 3 is 2.71 bits per heavy atom. The second kappa shape index (κ2) is 6.66. The molecule has 0 saturated carbocycles. The molecule has 0 unspecified atom stereocenters. The molecule has 0 aromatic heterocycles. The number of phenols is 1. The quantitative estimate of drug-likeness (QED) is 0.503. The van der Waals surface area contributed by atoms with Crippen LogP contribution in [0, 0.1) is 22.6 Å². The Morgan fingerprint density at radius 2 is 2.12 bits per heavy atom. The number of nitrogens with one attached hydrogen (secondary N) is 2. The van der Waals surface area contributed by atoms with Gasteiger partial charge in [0.15, 0.2) is 17.5 Å². The topological polar surface area (TPSA) is 132 Å². The largest absolute Gasteiger partial charge is 0.507 e. The number of phenolic OH excluding ortho intramolecular Hbond substituents is 1. The van der Waals surface area contributed by atoms with Crippen molar-refractivity contribution in [3.63, 3.8) is 0 Å². The number of carbonyl (C=O) groups is 1. The number of nitrogens with zero attached hydrogens (tertiary/aromatic N) is 1. The van der Waals surface area contributed by atoms with Crippen molar-refractivity contribution in [2.75, 3.05) is 7.11 Å². The third kappa shape index (κ3) is 2.96. The van der Waals surface area contributed by atoms with Crippen molar-refractivity contribution in [1.82, 2.24) is 5.32 Å². The zero-order valence-corrected chi connectivity index (χ0v) is 12.6. The molecule has 2 aromatic rings. The van der Waals surface area contributed by atoms with Crippen LogP contribution in [0.2, 0.25) is 0 Å². The highest BCUT2D eigenvalue weighted by Gasteiger charge is 2.24. The Labute approximate surface area is 136 Å². The van der Waals surface area contributed by atoms with Crippen LogP contribution in [0.25, 0.3) is 11.1 Å². The number of carbonyl (C=O) groups excluding carboxylic acids is 1. The van der Waals surface area contributed by atoms with Crippen molar-refractivity contribution >= 4 is 11.9 Å². The molecule has 2 aromatic carbocycles. The number of nitriles is 1. The van der Waals surface area contributed by atoms with Crippen molar-refractivity contribution in [2.24, 2.45) is 5.73 Å².